The lowest BCUT2D eigenvalue weighted by Crippen LogP contribution is -1.99. The Morgan fingerprint density at radius 1 is 1.00 bits per heavy atom. The van der Waals surface area contributed by atoms with E-state index in [0.29, 0.717) is 0 Å². The molecule has 0 aromatic heterocycles. The van der Waals surface area contributed by atoms with Crippen molar-refractivity contribution in [3.05, 3.63) is 65.4 Å². The number of hydrogen-bond acceptors (Lipinski definition) is 1. The Hall–Kier alpha value is -1.89. The van der Waals surface area contributed by atoms with Gasteiger partial charge in [0.2, 0.25) is 0 Å². The molecule has 0 heterocycles. The molecular weight excluding hydrogens is 242 g/mol. The van der Waals surface area contributed by atoms with Gasteiger partial charge in [0.25, 0.3) is 0 Å². The van der Waals surface area contributed by atoms with Crippen LogP contribution < -0.4 is 0 Å². The molecule has 0 aliphatic rings. The molecule has 0 spiro atoms. The summed E-state index contributed by atoms with van der Waals surface area (Å²) in [5, 5.41) is 0. The first-order valence-electron chi connectivity index (χ1n) is 6.92. The highest BCUT2D eigenvalue weighted by atomic mass is 14.7. The van der Waals surface area contributed by atoms with Crippen LogP contribution in [0.3, 0.4) is 0 Å². The molecule has 1 aromatic rings. The van der Waals surface area contributed by atoms with E-state index in [1.807, 2.05) is 33.9 Å². The number of hydrogen-bond donors (Lipinski definition) is 0. The smallest absolute Gasteiger partial charge is 0.0445 e. The predicted molar refractivity (Wildman–Crippen MR) is 91.3 cm³/mol. The average molecular weight is 267 g/mol. The summed E-state index contributed by atoms with van der Waals surface area (Å²) >= 11 is 0. The molecule has 0 fully saturated rings. The van der Waals surface area contributed by atoms with Gasteiger partial charge in [-0.1, -0.05) is 35.9 Å². The first kappa shape index (κ1) is 16.2. The van der Waals surface area contributed by atoms with Crippen molar-refractivity contribution < 1.29 is 0 Å². The van der Waals surface area contributed by atoms with Gasteiger partial charge in [0.05, 0.1) is 0 Å². The maximum Gasteiger partial charge on any atom is 0.0445 e. The van der Waals surface area contributed by atoms with Crippen LogP contribution in [0.25, 0.3) is 5.57 Å². The fourth-order valence-electron chi connectivity index (χ4n) is 1.90. The SMILES string of the molecule is C=C(C)Cc1cc(C(=C)C)cc(C(C)=NC=C(C)C)c1. The molecule has 1 rings (SSSR count). The van der Waals surface area contributed by atoms with Crippen LogP contribution in [0.15, 0.2) is 53.7 Å². The molecule has 106 valence electrons. The Morgan fingerprint density at radius 2 is 1.60 bits per heavy atom. The Labute approximate surface area is 123 Å². The van der Waals surface area contributed by atoms with Gasteiger partial charge in [-0.15, -0.1) is 0 Å². The minimum Gasteiger partial charge on any atom is -0.261 e. The quantitative estimate of drug-likeness (QED) is 0.488. The summed E-state index contributed by atoms with van der Waals surface area (Å²) < 4.78 is 0. The van der Waals surface area contributed by atoms with Crippen LogP contribution in [0.1, 0.15) is 51.3 Å². The maximum absolute atomic E-state index is 4.52. The number of nitrogens with zero attached hydrogens (tertiary/aromatic N) is 1. The highest BCUT2D eigenvalue weighted by Gasteiger charge is 2.05. The average Bonchev–Trinajstić information content (AvgIpc) is 2.34. The lowest BCUT2D eigenvalue weighted by molar-refractivity contribution is 1.15. The number of allylic oxidation sites excluding steroid dienone is 3. The largest absolute Gasteiger partial charge is 0.261 e. The van der Waals surface area contributed by atoms with Crippen LogP contribution in [0.5, 0.6) is 0 Å². The summed E-state index contributed by atoms with van der Waals surface area (Å²) in [5.74, 6) is 0. The minimum absolute atomic E-state index is 0.893. The van der Waals surface area contributed by atoms with Crippen LogP contribution in [0.2, 0.25) is 0 Å². The standard InChI is InChI=1S/C19H25N/c1-13(2)8-17-9-18(15(5)6)11-19(10-17)16(7)20-12-14(3)4/h9-12H,1,5,8H2,2-4,6-7H3. The van der Waals surface area contributed by atoms with Gasteiger partial charge in [-0.3, -0.25) is 4.99 Å². The van der Waals surface area contributed by atoms with Crippen LogP contribution in [0.4, 0.5) is 0 Å². The van der Waals surface area contributed by atoms with Crippen LogP contribution in [-0.2, 0) is 6.42 Å². The summed E-state index contributed by atoms with van der Waals surface area (Å²) in [4.78, 5) is 4.52. The highest BCUT2D eigenvalue weighted by Crippen LogP contribution is 2.19. The van der Waals surface area contributed by atoms with Crippen molar-refractivity contribution in [2.45, 2.75) is 41.0 Å². The van der Waals surface area contributed by atoms with Gasteiger partial charge in [-0.2, -0.15) is 0 Å². The molecule has 1 heteroatoms. The van der Waals surface area contributed by atoms with Crippen LogP contribution >= 0.6 is 0 Å². The van der Waals surface area contributed by atoms with E-state index in [-0.39, 0.29) is 0 Å². The summed E-state index contributed by atoms with van der Waals surface area (Å²) in [7, 11) is 0. The van der Waals surface area contributed by atoms with Gasteiger partial charge in [0.15, 0.2) is 0 Å². The second-order valence-electron chi connectivity index (χ2n) is 5.75. The molecule has 0 aliphatic carbocycles. The first-order chi connectivity index (χ1) is 9.29. The van der Waals surface area contributed by atoms with Gasteiger partial charge in [0.1, 0.15) is 0 Å². The number of aliphatic imine (C=N–C) groups is 1. The van der Waals surface area contributed by atoms with E-state index >= 15 is 0 Å². The Bertz CT molecular complexity index is 582. The molecule has 0 radical (unpaired) electrons. The molecule has 1 nitrogen and oxygen atoms in total. The summed E-state index contributed by atoms with van der Waals surface area (Å²) in [6.07, 6.45) is 2.80. The summed E-state index contributed by atoms with van der Waals surface area (Å²) in [6, 6.07) is 6.54. The van der Waals surface area contributed by atoms with Crippen molar-refractivity contribution in [3.8, 4) is 0 Å². The third kappa shape index (κ3) is 5.00. The van der Waals surface area contributed by atoms with Gasteiger partial charge >= 0.3 is 0 Å². The molecule has 0 aliphatic heterocycles. The van der Waals surface area contributed by atoms with Crippen molar-refractivity contribution in [2.24, 2.45) is 4.99 Å². The summed E-state index contributed by atoms with van der Waals surface area (Å²) in [5.41, 5.74) is 8.04. The molecule has 1 aromatic carbocycles. The molecule has 0 saturated heterocycles. The van der Waals surface area contributed by atoms with E-state index in [1.54, 1.807) is 0 Å². The monoisotopic (exact) mass is 267 g/mol. The van der Waals surface area contributed by atoms with Crippen molar-refractivity contribution in [3.63, 3.8) is 0 Å². The zero-order valence-corrected chi connectivity index (χ0v) is 13.4. The lowest BCUT2D eigenvalue weighted by atomic mass is 9.96. The zero-order chi connectivity index (χ0) is 15.3. The van der Waals surface area contributed by atoms with Gasteiger partial charge in [0, 0.05) is 11.9 Å². The Kier molecular flexibility index (Phi) is 5.69. The van der Waals surface area contributed by atoms with Crippen LogP contribution in [0, 0.1) is 0 Å². The van der Waals surface area contributed by atoms with E-state index in [4.69, 9.17) is 0 Å². The Balaban J connectivity index is 3.28. The summed E-state index contributed by atoms with van der Waals surface area (Å²) in [6.45, 7) is 18.3. The predicted octanol–water partition coefficient (Wildman–Crippen LogP) is 5.57. The minimum atomic E-state index is 0.893. The second kappa shape index (κ2) is 7.04. The van der Waals surface area contributed by atoms with E-state index in [1.165, 1.54) is 16.7 Å². The van der Waals surface area contributed by atoms with Crippen molar-refractivity contribution >= 4 is 11.3 Å². The second-order valence-corrected chi connectivity index (χ2v) is 5.75. The third-order valence-electron chi connectivity index (χ3n) is 2.93. The number of rotatable bonds is 5. The van der Waals surface area contributed by atoms with Crippen molar-refractivity contribution in [1.29, 1.82) is 0 Å². The van der Waals surface area contributed by atoms with E-state index < -0.39 is 0 Å². The van der Waals surface area contributed by atoms with Crippen LogP contribution in [-0.4, -0.2) is 5.71 Å². The first-order valence-corrected chi connectivity index (χ1v) is 6.92. The zero-order valence-electron chi connectivity index (χ0n) is 13.4. The maximum atomic E-state index is 4.52. The number of benzene rings is 1. The molecule has 20 heavy (non-hydrogen) atoms. The van der Waals surface area contributed by atoms with Gasteiger partial charge < -0.3 is 0 Å². The molecule has 0 unspecified atom stereocenters. The van der Waals surface area contributed by atoms with Crippen molar-refractivity contribution in [2.75, 3.05) is 0 Å². The fraction of sp³-hybridized carbons (Fsp3) is 0.316. The van der Waals surface area contributed by atoms with Crippen molar-refractivity contribution in [1.82, 2.24) is 0 Å². The van der Waals surface area contributed by atoms with Gasteiger partial charge in [-0.05, 0) is 69.9 Å². The van der Waals surface area contributed by atoms with E-state index in [2.05, 4.69) is 43.3 Å². The molecule has 0 saturated carbocycles. The molecular formula is C19H25N. The van der Waals surface area contributed by atoms with Gasteiger partial charge in [-0.25, -0.2) is 0 Å². The normalized spacial score (nSPS) is 11.2. The topological polar surface area (TPSA) is 12.4 Å². The lowest BCUT2D eigenvalue weighted by Gasteiger charge is -2.10. The molecule has 0 atom stereocenters. The molecule has 0 amide bonds. The van der Waals surface area contributed by atoms with E-state index in [0.717, 1.165) is 28.8 Å². The Morgan fingerprint density at radius 3 is 2.10 bits per heavy atom. The molecule has 0 N–H and O–H groups in total. The fourth-order valence-corrected chi connectivity index (χ4v) is 1.90. The third-order valence-corrected chi connectivity index (χ3v) is 2.93. The highest BCUT2D eigenvalue weighted by molar-refractivity contribution is 6.00. The van der Waals surface area contributed by atoms with E-state index in [9.17, 15) is 0 Å². The molecule has 0 bridgehead atoms.